The van der Waals surface area contributed by atoms with Gasteiger partial charge in [-0.2, -0.15) is 0 Å². The molecule has 0 aliphatic rings. The van der Waals surface area contributed by atoms with E-state index in [9.17, 15) is 28.8 Å². The largest absolute Gasteiger partial charge is 0.406 e. The Balaban J connectivity index is 5.18. The van der Waals surface area contributed by atoms with Crippen LogP contribution in [0.5, 0.6) is 0 Å². The van der Waals surface area contributed by atoms with E-state index in [4.69, 9.17) is 19.5 Å². The van der Waals surface area contributed by atoms with Crippen molar-refractivity contribution in [1.29, 1.82) is 0 Å². The Hall–Kier alpha value is -1.64. The van der Waals surface area contributed by atoms with Crippen molar-refractivity contribution in [2.45, 2.75) is 38.8 Å². The maximum Gasteiger partial charge on any atom is 0.406 e. The van der Waals surface area contributed by atoms with E-state index in [0.717, 1.165) is 11.8 Å². The zero-order valence-electron chi connectivity index (χ0n) is 21.4. The fourth-order valence-electron chi connectivity index (χ4n) is 2.38. The lowest BCUT2D eigenvalue weighted by molar-refractivity contribution is -0.122. The summed E-state index contributed by atoms with van der Waals surface area (Å²) in [5, 5.41) is 13.5. The highest BCUT2D eigenvalue weighted by molar-refractivity contribution is 8.13. The number of methoxy groups -OCH3 is 1. The third-order valence-corrected chi connectivity index (χ3v) is 7.90. The molecular weight excluding hydrogens is 515 g/mol. The van der Waals surface area contributed by atoms with Gasteiger partial charge in [0.1, 0.15) is 11.9 Å². The van der Waals surface area contributed by atoms with Crippen molar-refractivity contribution in [3.8, 4) is 0 Å². The van der Waals surface area contributed by atoms with E-state index in [-0.39, 0.29) is 43.6 Å². The van der Waals surface area contributed by atoms with Gasteiger partial charge in [0.05, 0.1) is 31.3 Å². The molecule has 2 amide bonds. The van der Waals surface area contributed by atoms with E-state index in [1.165, 1.54) is 26.3 Å². The first-order valence-corrected chi connectivity index (χ1v) is 13.6. The summed E-state index contributed by atoms with van der Waals surface area (Å²) in [5.74, 6) is -0.432. The van der Waals surface area contributed by atoms with Crippen LogP contribution >= 0.6 is 19.5 Å². The Morgan fingerprint density at radius 3 is 2.47 bits per heavy atom. The summed E-state index contributed by atoms with van der Waals surface area (Å²) >= 11 is 0.925. The summed E-state index contributed by atoms with van der Waals surface area (Å²) in [6.07, 6.45) is 3.77. The number of aliphatic hydroxyl groups is 1. The number of carbonyl (C=O) groups excluding carboxylic acids is 4. The van der Waals surface area contributed by atoms with Crippen molar-refractivity contribution >= 4 is 43.2 Å². The number of rotatable bonds is 20. The van der Waals surface area contributed by atoms with Crippen LogP contribution in [0.25, 0.3) is 0 Å². The predicted octanol–water partition coefficient (Wildman–Crippen LogP) is 0.0351. The first-order valence-electron chi connectivity index (χ1n) is 11.1. The molecule has 0 aromatic rings. The van der Waals surface area contributed by atoms with E-state index in [0.29, 0.717) is 19.3 Å². The quantitative estimate of drug-likeness (QED) is 0.0684. The van der Waals surface area contributed by atoms with E-state index < -0.39 is 30.7 Å². The molecule has 0 rings (SSSR count). The van der Waals surface area contributed by atoms with E-state index in [1.54, 1.807) is 25.8 Å². The third kappa shape index (κ3) is 13.1. The molecule has 3 atom stereocenters. The Morgan fingerprint density at radius 1 is 1.28 bits per heavy atom. The molecule has 0 saturated carbocycles. The number of nitrogens with zero attached hydrogens (tertiary/aromatic N) is 1. The van der Waals surface area contributed by atoms with Crippen LogP contribution in [0, 0.1) is 5.41 Å². The second-order valence-electron chi connectivity index (χ2n) is 8.60. The molecule has 208 valence electrons. The van der Waals surface area contributed by atoms with Crippen LogP contribution in [0.3, 0.4) is 0 Å². The van der Waals surface area contributed by atoms with E-state index >= 15 is 0 Å². The number of carbonyl (C=O) groups is 4. The molecule has 0 radical (unpaired) electrons. The molecule has 0 bridgehead atoms. The minimum Gasteiger partial charge on any atom is -0.395 e. The molecule has 2 unspecified atom stereocenters. The summed E-state index contributed by atoms with van der Waals surface area (Å²) < 4.78 is 29.9. The average Bonchev–Trinajstić information content (AvgIpc) is 2.85. The summed E-state index contributed by atoms with van der Waals surface area (Å²) in [6, 6.07) is -0.845. The average molecular weight is 555 g/mol. The summed E-state index contributed by atoms with van der Waals surface area (Å²) in [5.41, 5.74) is 3.92. The summed E-state index contributed by atoms with van der Waals surface area (Å²) in [4.78, 5) is 46.6. The van der Waals surface area contributed by atoms with Crippen molar-refractivity contribution < 1.29 is 42.6 Å². The number of aliphatic hydroxyl groups excluding tert-OH is 1. The molecule has 0 fully saturated rings. The van der Waals surface area contributed by atoms with Gasteiger partial charge in [-0.05, 0) is 27.2 Å². The first-order chi connectivity index (χ1) is 16.8. The highest BCUT2D eigenvalue weighted by Crippen LogP contribution is 2.45. The number of nitrogens with two attached hydrogens (primary N) is 1. The van der Waals surface area contributed by atoms with Crippen molar-refractivity contribution in [2.24, 2.45) is 11.1 Å². The van der Waals surface area contributed by atoms with Crippen LogP contribution < -0.4 is 16.1 Å². The number of nitrogens with one attached hydrogen (secondary N) is 2. The van der Waals surface area contributed by atoms with Crippen molar-refractivity contribution in [3.63, 3.8) is 0 Å². The Morgan fingerprint density at radius 2 is 1.94 bits per heavy atom. The number of hydrogen-bond donors (Lipinski definition) is 4. The van der Waals surface area contributed by atoms with E-state index in [2.05, 4.69) is 5.09 Å². The van der Waals surface area contributed by atoms with Gasteiger partial charge in [-0.15, -0.1) is 0 Å². The maximum atomic E-state index is 13.3. The fraction of sp³-hybridized carbons (Fsp3) is 0.714. The number of ether oxygens (including phenoxy) is 1. The molecule has 5 N–H and O–H groups in total. The molecule has 0 aromatic heterocycles. The highest BCUT2D eigenvalue weighted by Gasteiger charge is 2.35. The highest BCUT2D eigenvalue weighted by atomic mass is 32.2. The zero-order valence-corrected chi connectivity index (χ0v) is 23.1. The van der Waals surface area contributed by atoms with E-state index in [1.807, 2.05) is 5.32 Å². The van der Waals surface area contributed by atoms with Gasteiger partial charge in [0.15, 0.2) is 5.12 Å². The van der Waals surface area contributed by atoms with Gasteiger partial charge in [-0.25, -0.2) is 9.65 Å². The predicted molar refractivity (Wildman–Crippen MR) is 136 cm³/mol. The standard InChI is InChI=1S/C21H39N4O9PS/c1-17(12-26)24-35(31,33-10-11-36-19(30)20(2,3)14-27)34-15-21(13-22,32-5)7-9-25(4)8-6-18(29)23-16-28/h6,8,12,16-17,27H,7,9-11,13-15,22H2,1-5H3,(H,24,31)(H,23,28,29)/b8-6-/t17?,21-,35?/m1/s1. The summed E-state index contributed by atoms with van der Waals surface area (Å²) in [7, 11) is -0.894. The number of hydrogen-bond acceptors (Lipinski definition) is 12. The SMILES string of the molecule is CO[C@@](CN)(CCN(C)/C=C\C(=O)NC=O)COP(=O)(NC(C)C=O)OCCSC(=O)C(C)(C)CO. The molecule has 36 heavy (non-hydrogen) atoms. The fourth-order valence-corrected chi connectivity index (χ4v) is 4.83. The number of aldehydes is 1. The normalized spacial score (nSPS) is 16.1. The van der Waals surface area contributed by atoms with Gasteiger partial charge in [-0.1, -0.05) is 11.8 Å². The van der Waals surface area contributed by atoms with Crippen LogP contribution in [0.2, 0.25) is 0 Å². The van der Waals surface area contributed by atoms with Crippen LogP contribution in [-0.2, 0) is 37.5 Å². The van der Waals surface area contributed by atoms with Gasteiger partial charge in [-0.3, -0.25) is 28.7 Å². The van der Waals surface area contributed by atoms with Crippen molar-refractivity contribution in [2.75, 3.05) is 52.8 Å². The van der Waals surface area contributed by atoms with Crippen LogP contribution in [0.4, 0.5) is 0 Å². The van der Waals surface area contributed by atoms with Gasteiger partial charge in [0.25, 0.3) is 5.91 Å². The molecule has 13 nitrogen and oxygen atoms in total. The van der Waals surface area contributed by atoms with Gasteiger partial charge < -0.3 is 25.3 Å². The molecule has 0 aliphatic carbocycles. The number of imide groups is 1. The lowest BCUT2D eigenvalue weighted by Gasteiger charge is -2.33. The molecule has 0 saturated heterocycles. The maximum absolute atomic E-state index is 13.3. The molecular formula is C21H39N4O9PS. The monoisotopic (exact) mass is 554 g/mol. The topological polar surface area (TPSA) is 187 Å². The molecule has 0 spiro atoms. The minimum absolute atomic E-state index is 0.00346. The molecule has 0 heterocycles. The second-order valence-corrected chi connectivity index (χ2v) is 11.4. The van der Waals surface area contributed by atoms with Crippen molar-refractivity contribution in [1.82, 2.24) is 15.3 Å². The Kier molecular flexibility index (Phi) is 16.2. The molecule has 0 aromatic carbocycles. The lowest BCUT2D eigenvalue weighted by atomic mass is 9.97. The van der Waals surface area contributed by atoms with Gasteiger partial charge in [0.2, 0.25) is 6.41 Å². The Bertz CT molecular complexity index is 793. The van der Waals surface area contributed by atoms with Crippen LogP contribution in [0.1, 0.15) is 27.2 Å². The number of amides is 2. The van der Waals surface area contributed by atoms with Crippen LogP contribution in [-0.4, -0.2) is 98.2 Å². The lowest BCUT2D eigenvalue weighted by Crippen LogP contribution is -2.46. The van der Waals surface area contributed by atoms with Gasteiger partial charge >= 0.3 is 7.75 Å². The number of thioether (sulfide) groups is 1. The first kappa shape index (κ1) is 34.4. The molecule has 15 heteroatoms. The minimum atomic E-state index is -4.01. The van der Waals surface area contributed by atoms with Gasteiger partial charge in [0, 0.05) is 45.3 Å². The smallest absolute Gasteiger partial charge is 0.395 e. The summed E-state index contributed by atoms with van der Waals surface area (Å²) in [6.45, 7) is 4.36. The van der Waals surface area contributed by atoms with Crippen LogP contribution in [0.15, 0.2) is 12.3 Å². The third-order valence-electron chi connectivity index (χ3n) is 5.00. The second kappa shape index (κ2) is 17.0. The Labute approximate surface area is 216 Å². The van der Waals surface area contributed by atoms with Crippen molar-refractivity contribution in [3.05, 3.63) is 12.3 Å². The molecule has 0 aliphatic heterocycles. The zero-order chi connectivity index (χ0) is 27.8.